The van der Waals surface area contributed by atoms with Crippen molar-refractivity contribution >= 4 is 17.2 Å². The highest BCUT2D eigenvalue weighted by Gasteiger charge is 2.09. The van der Waals surface area contributed by atoms with E-state index in [0.29, 0.717) is 29.7 Å². The molecule has 6 heteroatoms. The maximum atomic E-state index is 13.5. The van der Waals surface area contributed by atoms with Crippen LogP contribution in [0.5, 0.6) is 5.88 Å². The van der Waals surface area contributed by atoms with Gasteiger partial charge in [-0.2, -0.15) is 10.2 Å². The average Bonchev–Trinajstić information content (AvgIpc) is 2.43. The van der Waals surface area contributed by atoms with Crippen LogP contribution < -0.4 is 15.8 Å². The summed E-state index contributed by atoms with van der Waals surface area (Å²) in [5, 5.41) is 11.8. The van der Waals surface area contributed by atoms with Crippen molar-refractivity contribution in [3.05, 3.63) is 41.7 Å². The van der Waals surface area contributed by atoms with Crippen LogP contribution in [0.1, 0.15) is 12.5 Å². The number of anilines is 3. The number of nitrogens with zero attached hydrogens (tertiary/aromatic N) is 2. The zero-order chi connectivity index (χ0) is 14.5. The van der Waals surface area contributed by atoms with E-state index in [4.69, 9.17) is 15.7 Å². The number of pyridine rings is 1. The molecule has 102 valence electrons. The van der Waals surface area contributed by atoms with Gasteiger partial charge in [-0.3, -0.25) is 0 Å². The molecule has 2 rings (SSSR count). The molecule has 0 fully saturated rings. The molecular formula is C14H13FN4O. The van der Waals surface area contributed by atoms with Gasteiger partial charge in [0.1, 0.15) is 23.3 Å². The molecule has 2 aromatic rings. The van der Waals surface area contributed by atoms with Gasteiger partial charge in [0.2, 0.25) is 5.88 Å². The fourth-order valence-electron chi connectivity index (χ4n) is 1.65. The Morgan fingerprint density at radius 3 is 2.90 bits per heavy atom. The average molecular weight is 272 g/mol. The van der Waals surface area contributed by atoms with Gasteiger partial charge < -0.3 is 15.8 Å². The van der Waals surface area contributed by atoms with E-state index in [9.17, 15) is 4.39 Å². The molecule has 0 amide bonds. The van der Waals surface area contributed by atoms with E-state index in [2.05, 4.69) is 10.3 Å². The number of hydrogen-bond acceptors (Lipinski definition) is 5. The van der Waals surface area contributed by atoms with Gasteiger partial charge in [-0.05, 0) is 31.2 Å². The first-order chi connectivity index (χ1) is 9.65. The molecule has 0 saturated heterocycles. The van der Waals surface area contributed by atoms with Gasteiger partial charge in [0.05, 0.1) is 18.0 Å². The third-order valence-electron chi connectivity index (χ3n) is 2.56. The Morgan fingerprint density at radius 2 is 2.20 bits per heavy atom. The standard InChI is InChI=1S/C14H13FN4O/c1-2-20-14-11(17)6-7-13(19-14)18-12-5-3-4-10(15)9(12)8-16/h3-7H,2,17H2,1H3,(H,18,19). The molecule has 0 atom stereocenters. The van der Waals surface area contributed by atoms with Crippen LogP contribution >= 0.6 is 0 Å². The molecule has 0 aliphatic rings. The van der Waals surface area contributed by atoms with Crippen molar-refractivity contribution in [2.45, 2.75) is 6.92 Å². The van der Waals surface area contributed by atoms with Crippen molar-refractivity contribution in [3.63, 3.8) is 0 Å². The number of nitrogens with two attached hydrogens (primary N) is 1. The minimum atomic E-state index is -0.585. The predicted octanol–water partition coefficient (Wildman–Crippen LogP) is 2.82. The van der Waals surface area contributed by atoms with Crippen molar-refractivity contribution in [2.24, 2.45) is 0 Å². The van der Waals surface area contributed by atoms with E-state index in [1.54, 1.807) is 18.2 Å². The third-order valence-corrected chi connectivity index (χ3v) is 2.56. The highest BCUT2D eigenvalue weighted by Crippen LogP contribution is 2.25. The molecule has 0 radical (unpaired) electrons. The first kappa shape index (κ1) is 13.6. The van der Waals surface area contributed by atoms with Crippen molar-refractivity contribution < 1.29 is 9.13 Å². The first-order valence-corrected chi connectivity index (χ1v) is 6.00. The van der Waals surface area contributed by atoms with Crippen LogP contribution in [0.3, 0.4) is 0 Å². The van der Waals surface area contributed by atoms with Gasteiger partial charge in [-0.25, -0.2) is 4.39 Å². The van der Waals surface area contributed by atoms with Crippen molar-refractivity contribution in [2.75, 3.05) is 17.7 Å². The molecule has 1 aromatic heterocycles. The molecular weight excluding hydrogens is 259 g/mol. The van der Waals surface area contributed by atoms with Gasteiger partial charge in [0, 0.05) is 0 Å². The molecule has 1 heterocycles. The number of halogens is 1. The Kier molecular flexibility index (Phi) is 4.01. The van der Waals surface area contributed by atoms with Gasteiger partial charge in [-0.15, -0.1) is 0 Å². The number of benzene rings is 1. The number of nitriles is 1. The topological polar surface area (TPSA) is 84.0 Å². The van der Waals surface area contributed by atoms with Crippen LogP contribution in [0, 0.1) is 17.1 Å². The highest BCUT2D eigenvalue weighted by atomic mass is 19.1. The van der Waals surface area contributed by atoms with Crippen molar-refractivity contribution in [1.29, 1.82) is 5.26 Å². The molecule has 0 saturated carbocycles. The maximum Gasteiger partial charge on any atom is 0.239 e. The molecule has 20 heavy (non-hydrogen) atoms. The summed E-state index contributed by atoms with van der Waals surface area (Å²) in [6.07, 6.45) is 0. The summed E-state index contributed by atoms with van der Waals surface area (Å²) in [6.45, 7) is 2.26. The lowest BCUT2D eigenvalue weighted by molar-refractivity contribution is 0.329. The first-order valence-electron chi connectivity index (χ1n) is 6.00. The maximum absolute atomic E-state index is 13.5. The van der Waals surface area contributed by atoms with E-state index in [0.717, 1.165) is 0 Å². The lowest BCUT2D eigenvalue weighted by atomic mass is 10.2. The lowest BCUT2D eigenvalue weighted by Gasteiger charge is -2.11. The van der Waals surface area contributed by atoms with Crippen LogP contribution in [0.2, 0.25) is 0 Å². The largest absolute Gasteiger partial charge is 0.476 e. The molecule has 0 aliphatic heterocycles. The van der Waals surface area contributed by atoms with Crippen molar-refractivity contribution in [3.8, 4) is 11.9 Å². The normalized spacial score (nSPS) is 9.85. The van der Waals surface area contributed by atoms with E-state index < -0.39 is 5.82 Å². The van der Waals surface area contributed by atoms with Crippen LogP contribution in [-0.4, -0.2) is 11.6 Å². The van der Waals surface area contributed by atoms with Crippen LogP contribution in [0.15, 0.2) is 30.3 Å². The Balaban J connectivity index is 2.34. The van der Waals surface area contributed by atoms with Gasteiger partial charge in [-0.1, -0.05) is 6.07 Å². The smallest absolute Gasteiger partial charge is 0.239 e. The zero-order valence-corrected chi connectivity index (χ0v) is 10.9. The molecule has 0 bridgehead atoms. The summed E-state index contributed by atoms with van der Waals surface area (Å²) in [7, 11) is 0. The second-order valence-electron chi connectivity index (χ2n) is 3.92. The van der Waals surface area contributed by atoms with E-state index in [1.165, 1.54) is 12.1 Å². The number of nitrogen functional groups attached to an aromatic ring is 1. The number of aromatic nitrogens is 1. The van der Waals surface area contributed by atoms with Crippen LogP contribution in [0.4, 0.5) is 21.6 Å². The number of rotatable bonds is 4. The summed E-state index contributed by atoms with van der Waals surface area (Å²) in [4.78, 5) is 4.17. The van der Waals surface area contributed by atoms with E-state index in [-0.39, 0.29) is 5.56 Å². The van der Waals surface area contributed by atoms with Gasteiger partial charge >= 0.3 is 0 Å². The third kappa shape index (κ3) is 2.78. The Morgan fingerprint density at radius 1 is 1.40 bits per heavy atom. The number of nitrogens with one attached hydrogen (secondary N) is 1. The number of ether oxygens (including phenoxy) is 1. The Bertz CT molecular complexity index is 667. The monoisotopic (exact) mass is 272 g/mol. The summed E-state index contributed by atoms with van der Waals surface area (Å²) >= 11 is 0. The van der Waals surface area contributed by atoms with Crippen LogP contribution in [-0.2, 0) is 0 Å². The molecule has 5 nitrogen and oxygen atoms in total. The van der Waals surface area contributed by atoms with E-state index in [1.807, 2.05) is 13.0 Å². The van der Waals surface area contributed by atoms with Gasteiger partial charge in [0.25, 0.3) is 0 Å². The number of hydrogen-bond donors (Lipinski definition) is 2. The fraction of sp³-hybridized carbons (Fsp3) is 0.143. The highest BCUT2D eigenvalue weighted by molar-refractivity contribution is 5.66. The van der Waals surface area contributed by atoms with Crippen LogP contribution in [0.25, 0.3) is 0 Å². The summed E-state index contributed by atoms with van der Waals surface area (Å²) in [5.74, 6) is 0.134. The fourth-order valence-corrected chi connectivity index (χ4v) is 1.65. The summed E-state index contributed by atoms with van der Waals surface area (Å²) < 4.78 is 18.8. The molecule has 1 aromatic carbocycles. The van der Waals surface area contributed by atoms with E-state index >= 15 is 0 Å². The molecule has 0 spiro atoms. The Hall–Kier alpha value is -2.81. The SMILES string of the molecule is CCOc1nc(Nc2cccc(F)c2C#N)ccc1N. The zero-order valence-electron chi connectivity index (χ0n) is 10.9. The Labute approximate surface area is 115 Å². The van der Waals surface area contributed by atoms with Gasteiger partial charge in [0.15, 0.2) is 0 Å². The second-order valence-corrected chi connectivity index (χ2v) is 3.92. The quantitative estimate of drug-likeness (QED) is 0.894. The molecule has 0 aliphatic carbocycles. The lowest BCUT2D eigenvalue weighted by Crippen LogP contribution is -2.03. The predicted molar refractivity (Wildman–Crippen MR) is 74.2 cm³/mol. The summed E-state index contributed by atoms with van der Waals surface area (Å²) in [6, 6.07) is 9.41. The second kappa shape index (κ2) is 5.89. The van der Waals surface area contributed by atoms with Crippen molar-refractivity contribution in [1.82, 2.24) is 4.98 Å². The molecule has 3 N–H and O–H groups in total. The minimum Gasteiger partial charge on any atom is -0.476 e. The minimum absolute atomic E-state index is 0.0657. The molecule has 0 unspecified atom stereocenters. The summed E-state index contributed by atoms with van der Waals surface area (Å²) in [5.41, 5.74) is 6.41.